The van der Waals surface area contributed by atoms with Crippen LogP contribution in [0.5, 0.6) is 0 Å². The summed E-state index contributed by atoms with van der Waals surface area (Å²) in [6.45, 7) is 12.4. The van der Waals surface area contributed by atoms with Gasteiger partial charge in [0, 0.05) is 6.04 Å². The molecule has 0 aliphatic carbocycles. The van der Waals surface area contributed by atoms with Crippen LogP contribution < -0.4 is 5.73 Å². The van der Waals surface area contributed by atoms with Gasteiger partial charge in [0.05, 0.1) is 6.10 Å². The fourth-order valence-electron chi connectivity index (χ4n) is 0.948. The summed E-state index contributed by atoms with van der Waals surface area (Å²) in [5.74, 6) is 0. The first-order valence-electron chi connectivity index (χ1n) is 4.99. The second-order valence-corrected chi connectivity index (χ2v) is 6.09. The molecule has 0 fully saturated rings. The van der Waals surface area contributed by atoms with Crippen LogP contribution in [-0.4, -0.2) is 17.3 Å². The lowest BCUT2D eigenvalue weighted by Crippen LogP contribution is -2.41. The van der Waals surface area contributed by atoms with Crippen LogP contribution in [0.1, 0.15) is 48.0 Å². The number of nitrogens with two attached hydrogens (primary N) is 1. The average Bonchev–Trinajstić information content (AvgIpc) is 1.82. The van der Waals surface area contributed by atoms with E-state index in [0.29, 0.717) is 6.42 Å². The number of hydrogen-bond acceptors (Lipinski definition) is 2. The van der Waals surface area contributed by atoms with Gasteiger partial charge in [-0.25, -0.2) is 0 Å². The Kier molecular flexibility index (Phi) is 6.34. The van der Waals surface area contributed by atoms with E-state index in [1.165, 1.54) is 0 Å². The molecule has 0 aliphatic heterocycles. The van der Waals surface area contributed by atoms with Crippen molar-refractivity contribution in [3.63, 3.8) is 0 Å². The molecular formula is C11H26ClNO. The van der Waals surface area contributed by atoms with Crippen LogP contribution in [0.4, 0.5) is 0 Å². The van der Waals surface area contributed by atoms with E-state index in [-0.39, 0.29) is 35.4 Å². The van der Waals surface area contributed by atoms with Crippen LogP contribution in [0, 0.1) is 10.8 Å². The zero-order chi connectivity index (χ0) is 10.9. The van der Waals surface area contributed by atoms with Crippen molar-refractivity contribution in [2.45, 2.75) is 60.1 Å². The predicted octanol–water partition coefficient (Wildman–Crippen LogP) is 2.58. The first-order valence-corrected chi connectivity index (χ1v) is 4.99. The van der Waals surface area contributed by atoms with Crippen LogP contribution in [0.25, 0.3) is 0 Å². The van der Waals surface area contributed by atoms with Crippen molar-refractivity contribution in [2.75, 3.05) is 0 Å². The highest BCUT2D eigenvalue weighted by Gasteiger charge is 2.29. The minimum Gasteiger partial charge on any atom is -0.393 e. The van der Waals surface area contributed by atoms with Gasteiger partial charge in [-0.15, -0.1) is 12.4 Å². The minimum atomic E-state index is -0.318. The summed E-state index contributed by atoms with van der Waals surface area (Å²) in [6.07, 6.45) is 0.356. The maximum Gasteiger partial charge on any atom is 0.0603 e. The third-order valence-corrected chi connectivity index (χ3v) is 2.59. The topological polar surface area (TPSA) is 46.2 Å². The number of aliphatic hydroxyl groups is 1. The van der Waals surface area contributed by atoms with E-state index in [1.807, 2.05) is 20.8 Å². The quantitative estimate of drug-likeness (QED) is 0.756. The molecule has 2 nitrogen and oxygen atoms in total. The number of halogens is 1. The van der Waals surface area contributed by atoms with E-state index in [4.69, 9.17) is 5.73 Å². The van der Waals surface area contributed by atoms with Gasteiger partial charge in [0.2, 0.25) is 0 Å². The Morgan fingerprint density at radius 3 is 1.57 bits per heavy atom. The molecule has 0 aromatic carbocycles. The molecule has 0 aromatic heterocycles. The molecule has 0 aliphatic rings. The van der Waals surface area contributed by atoms with Gasteiger partial charge < -0.3 is 10.8 Å². The Labute approximate surface area is 94.7 Å². The summed E-state index contributed by atoms with van der Waals surface area (Å²) < 4.78 is 0. The number of rotatable bonds is 2. The van der Waals surface area contributed by atoms with E-state index in [2.05, 4.69) is 20.8 Å². The third-order valence-electron chi connectivity index (χ3n) is 2.59. The molecule has 0 bridgehead atoms. The normalized spacial score (nSPS) is 17.1. The molecule has 0 saturated carbocycles. The van der Waals surface area contributed by atoms with Crippen LogP contribution in [0.15, 0.2) is 0 Å². The van der Waals surface area contributed by atoms with E-state index < -0.39 is 0 Å². The fourth-order valence-corrected chi connectivity index (χ4v) is 0.948. The molecule has 0 saturated heterocycles. The van der Waals surface area contributed by atoms with Crippen molar-refractivity contribution in [1.29, 1.82) is 0 Å². The Morgan fingerprint density at radius 2 is 1.36 bits per heavy atom. The molecule has 0 rings (SSSR count). The Bertz CT molecular complexity index is 140. The summed E-state index contributed by atoms with van der Waals surface area (Å²) in [6, 6.07) is 0.0572. The summed E-state index contributed by atoms with van der Waals surface area (Å²) in [7, 11) is 0. The van der Waals surface area contributed by atoms with Crippen molar-refractivity contribution in [3.05, 3.63) is 0 Å². The van der Waals surface area contributed by atoms with Gasteiger partial charge in [-0.2, -0.15) is 0 Å². The maximum atomic E-state index is 9.84. The van der Waals surface area contributed by atoms with Gasteiger partial charge in [0.25, 0.3) is 0 Å². The smallest absolute Gasteiger partial charge is 0.0603 e. The standard InChI is InChI=1S/C11H25NO.ClH/c1-10(2,3)8(12)7-9(13)11(4,5)6;/h8-9,13H,7,12H2,1-6H3;1H/t8-,9-;/m1./s1. The van der Waals surface area contributed by atoms with Crippen molar-refractivity contribution >= 4 is 12.4 Å². The maximum absolute atomic E-state index is 9.84. The highest BCUT2D eigenvalue weighted by molar-refractivity contribution is 5.85. The number of aliphatic hydroxyl groups excluding tert-OH is 1. The summed E-state index contributed by atoms with van der Waals surface area (Å²) in [5.41, 5.74) is 6.00. The highest BCUT2D eigenvalue weighted by Crippen LogP contribution is 2.27. The van der Waals surface area contributed by atoms with Gasteiger partial charge in [-0.3, -0.25) is 0 Å². The van der Waals surface area contributed by atoms with Crippen molar-refractivity contribution < 1.29 is 5.11 Å². The molecule has 0 unspecified atom stereocenters. The molecule has 14 heavy (non-hydrogen) atoms. The zero-order valence-electron chi connectivity index (χ0n) is 10.3. The van der Waals surface area contributed by atoms with E-state index in [9.17, 15) is 5.11 Å². The molecule has 2 atom stereocenters. The van der Waals surface area contributed by atoms with E-state index in [0.717, 1.165) is 0 Å². The summed E-state index contributed by atoms with van der Waals surface area (Å²) in [4.78, 5) is 0. The monoisotopic (exact) mass is 223 g/mol. The molecule has 3 heteroatoms. The first-order chi connectivity index (χ1) is 5.55. The molecule has 0 amide bonds. The molecule has 0 heterocycles. The molecule has 0 radical (unpaired) electrons. The van der Waals surface area contributed by atoms with Crippen LogP contribution >= 0.6 is 12.4 Å². The predicted molar refractivity (Wildman–Crippen MR) is 64.8 cm³/mol. The van der Waals surface area contributed by atoms with E-state index in [1.54, 1.807) is 0 Å². The number of hydrogen-bond donors (Lipinski definition) is 2. The Balaban J connectivity index is 0. The van der Waals surface area contributed by atoms with Gasteiger partial charge in [0.1, 0.15) is 0 Å². The van der Waals surface area contributed by atoms with Gasteiger partial charge in [-0.1, -0.05) is 41.5 Å². The third kappa shape index (κ3) is 5.84. The van der Waals surface area contributed by atoms with Crippen LogP contribution in [0.2, 0.25) is 0 Å². The average molecular weight is 224 g/mol. The molecule has 0 aromatic rings. The second-order valence-electron chi connectivity index (χ2n) is 6.09. The SMILES string of the molecule is CC(C)(C)[C@H](N)C[C@@H](O)C(C)(C)C.Cl. The van der Waals surface area contributed by atoms with Gasteiger partial charge >= 0.3 is 0 Å². The lowest BCUT2D eigenvalue weighted by Gasteiger charge is -2.33. The van der Waals surface area contributed by atoms with Crippen LogP contribution in [-0.2, 0) is 0 Å². The Morgan fingerprint density at radius 1 is 1.00 bits per heavy atom. The summed E-state index contributed by atoms with van der Waals surface area (Å²) >= 11 is 0. The molecule has 88 valence electrons. The van der Waals surface area contributed by atoms with Crippen molar-refractivity contribution in [1.82, 2.24) is 0 Å². The van der Waals surface area contributed by atoms with Gasteiger partial charge in [-0.05, 0) is 17.3 Å². The second kappa shape index (κ2) is 5.34. The van der Waals surface area contributed by atoms with Crippen molar-refractivity contribution in [3.8, 4) is 0 Å². The summed E-state index contributed by atoms with van der Waals surface area (Å²) in [5, 5.41) is 9.84. The Hall–Kier alpha value is 0.210. The lowest BCUT2D eigenvalue weighted by molar-refractivity contribution is 0.0388. The van der Waals surface area contributed by atoms with Crippen molar-refractivity contribution in [2.24, 2.45) is 16.6 Å². The molecule has 3 N–H and O–H groups in total. The fraction of sp³-hybridized carbons (Fsp3) is 1.00. The van der Waals surface area contributed by atoms with Gasteiger partial charge in [0.15, 0.2) is 0 Å². The van der Waals surface area contributed by atoms with E-state index >= 15 is 0 Å². The highest BCUT2D eigenvalue weighted by atomic mass is 35.5. The lowest BCUT2D eigenvalue weighted by atomic mass is 9.78. The zero-order valence-corrected chi connectivity index (χ0v) is 11.1. The molecule has 0 spiro atoms. The first kappa shape index (κ1) is 16.6. The van der Waals surface area contributed by atoms with Crippen LogP contribution in [0.3, 0.4) is 0 Å². The largest absolute Gasteiger partial charge is 0.393 e. The minimum absolute atomic E-state index is 0. The molecular weight excluding hydrogens is 198 g/mol.